The fraction of sp³-hybridized carbons (Fsp3) is 0.167. The molecule has 5 heteroatoms. The zero-order chi connectivity index (χ0) is 12.4. The molecule has 0 saturated carbocycles. The quantitative estimate of drug-likeness (QED) is 0.662. The van der Waals surface area contributed by atoms with Crippen LogP contribution in [0.3, 0.4) is 0 Å². The van der Waals surface area contributed by atoms with Crippen molar-refractivity contribution < 1.29 is 0 Å². The van der Waals surface area contributed by atoms with Crippen LogP contribution >= 0.6 is 54.8 Å². The molecule has 1 aromatic carbocycles. The van der Waals surface area contributed by atoms with Gasteiger partial charge in [0.1, 0.15) is 0 Å². The van der Waals surface area contributed by atoms with Gasteiger partial charge in [0.05, 0.1) is 11.1 Å². The van der Waals surface area contributed by atoms with Gasteiger partial charge in [-0.3, -0.25) is 0 Å². The van der Waals surface area contributed by atoms with Crippen molar-refractivity contribution in [2.24, 2.45) is 0 Å². The van der Waals surface area contributed by atoms with Crippen molar-refractivity contribution >= 4 is 60.5 Å². The molecule has 1 nitrogen and oxygen atoms in total. The third kappa shape index (κ3) is 3.47. The number of hydrogen-bond acceptors (Lipinski definition) is 2. The predicted octanol–water partition coefficient (Wildman–Crippen LogP) is 6.10. The van der Waals surface area contributed by atoms with Crippen LogP contribution in [0.15, 0.2) is 38.6 Å². The number of anilines is 1. The molecule has 0 amide bonds. The van der Waals surface area contributed by atoms with E-state index in [0.717, 1.165) is 19.7 Å². The molecule has 0 aliphatic carbocycles. The van der Waals surface area contributed by atoms with Crippen molar-refractivity contribution in [2.75, 3.05) is 5.32 Å². The molecule has 0 bridgehead atoms. The molecule has 2 aromatic rings. The lowest BCUT2D eigenvalue weighted by Crippen LogP contribution is -2.04. The molecule has 0 fully saturated rings. The Bertz CT molecular complexity index is 527. The number of benzene rings is 1. The SMILES string of the molecule is CC(Nc1ccc(Br)c(Cl)c1)c1cc(Br)cs1. The molecule has 0 aliphatic heterocycles. The van der Waals surface area contributed by atoms with E-state index < -0.39 is 0 Å². The summed E-state index contributed by atoms with van der Waals surface area (Å²) in [5.74, 6) is 0. The minimum Gasteiger partial charge on any atom is -0.378 e. The normalized spacial score (nSPS) is 12.5. The lowest BCUT2D eigenvalue weighted by Gasteiger charge is -2.14. The highest BCUT2D eigenvalue weighted by atomic mass is 79.9. The molecule has 0 spiro atoms. The van der Waals surface area contributed by atoms with Crippen LogP contribution in [0.25, 0.3) is 0 Å². The van der Waals surface area contributed by atoms with Crippen molar-refractivity contribution in [3.8, 4) is 0 Å². The molecule has 0 radical (unpaired) electrons. The standard InChI is InChI=1S/C12H10Br2ClNS/c1-7(12-4-8(13)6-17-12)16-9-2-3-10(14)11(15)5-9/h2-7,16H,1H3. The Hall–Kier alpha value is -0.0300. The van der Waals surface area contributed by atoms with E-state index in [0.29, 0.717) is 0 Å². The molecular weight excluding hydrogens is 385 g/mol. The summed E-state index contributed by atoms with van der Waals surface area (Å²) in [7, 11) is 0. The van der Waals surface area contributed by atoms with Crippen molar-refractivity contribution in [3.63, 3.8) is 0 Å². The van der Waals surface area contributed by atoms with Gasteiger partial charge in [0.25, 0.3) is 0 Å². The molecular formula is C12H10Br2ClNS. The van der Waals surface area contributed by atoms with E-state index in [1.54, 1.807) is 11.3 Å². The highest BCUT2D eigenvalue weighted by molar-refractivity contribution is 9.10. The Labute approximate surface area is 126 Å². The molecule has 2 rings (SSSR count). The van der Waals surface area contributed by atoms with Gasteiger partial charge in [0.2, 0.25) is 0 Å². The van der Waals surface area contributed by atoms with Crippen LogP contribution in [-0.4, -0.2) is 0 Å². The lowest BCUT2D eigenvalue weighted by molar-refractivity contribution is 0.907. The molecule has 1 unspecified atom stereocenters. The smallest absolute Gasteiger partial charge is 0.0578 e. The van der Waals surface area contributed by atoms with Gasteiger partial charge in [-0.1, -0.05) is 11.6 Å². The van der Waals surface area contributed by atoms with Gasteiger partial charge < -0.3 is 5.32 Å². The summed E-state index contributed by atoms with van der Waals surface area (Å²) in [5.41, 5.74) is 1.02. The fourth-order valence-electron chi connectivity index (χ4n) is 1.46. The van der Waals surface area contributed by atoms with Crippen LogP contribution in [0.2, 0.25) is 5.02 Å². The maximum atomic E-state index is 6.06. The molecule has 0 saturated heterocycles. The minimum atomic E-state index is 0.267. The minimum absolute atomic E-state index is 0.267. The molecule has 1 heterocycles. The van der Waals surface area contributed by atoms with E-state index in [1.165, 1.54) is 4.88 Å². The first-order valence-corrected chi connectivity index (χ1v) is 7.86. The first-order chi connectivity index (χ1) is 8.06. The van der Waals surface area contributed by atoms with E-state index in [2.05, 4.69) is 55.5 Å². The van der Waals surface area contributed by atoms with E-state index in [1.807, 2.05) is 18.2 Å². The highest BCUT2D eigenvalue weighted by Gasteiger charge is 2.08. The Morgan fingerprint density at radius 2 is 2.06 bits per heavy atom. The summed E-state index contributed by atoms with van der Waals surface area (Å²) in [5, 5.41) is 6.23. The van der Waals surface area contributed by atoms with Crippen LogP contribution in [0.4, 0.5) is 5.69 Å². The highest BCUT2D eigenvalue weighted by Crippen LogP contribution is 2.30. The van der Waals surface area contributed by atoms with Crippen molar-refractivity contribution in [3.05, 3.63) is 48.5 Å². The van der Waals surface area contributed by atoms with Crippen molar-refractivity contribution in [1.29, 1.82) is 0 Å². The van der Waals surface area contributed by atoms with Crippen LogP contribution in [0, 0.1) is 0 Å². The first-order valence-electron chi connectivity index (χ1n) is 5.02. The van der Waals surface area contributed by atoms with Crippen LogP contribution in [-0.2, 0) is 0 Å². The van der Waals surface area contributed by atoms with Crippen molar-refractivity contribution in [1.82, 2.24) is 0 Å². The Morgan fingerprint density at radius 1 is 1.29 bits per heavy atom. The maximum absolute atomic E-state index is 6.06. The summed E-state index contributed by atoms with van der Waals surface area (Å²) in [4.78, 5) is 1.29. The van der Waals surface area contributed by atoms with Gasteiger partial charge in [-0.2, -0.15) is 0 Å². The summed E-state index contributed by atoms with van der Waals surface area (Å²) in [6.45, 7) is 2.13. The first kappa shape index (κ1) is 13.4. The average molecular weight is 396 g/mol. The van der Waals surface area contributed by atoms with Gasteiger partial charge in [-0.15, -0.1) is 11.3 Å². The van der Waals surface area contributed by atoms with E-state index in [-0.39, 0.29) is 6.04 Å². The predicted molar refractivity (Wildman–Crippen MR) is 83.2 cm³/mol. The molecule has 1 atom stereocenters. The second-order valence-electron chi connectivity index (χ2n) is 3.66. The maximum Gasteiger partial charge on any atom is 0.0578 e. The zero-order valence-electron chi connectivity index (χ0n) is 9.01. The zero-order valence-corrected chi connectivity index (χ0v) is 13.8. The van der Waals surface area contributed by atoms with Gasteiger partial charge >= 0.3 is 0 Å². The second kappa shape index (κ2) is 5.74. The van der Waals surface area contributed by atoms with Gasteiger partial charge in [-0.05, 0) is 63.0 Å². The van der Waals surface area contributed by atoms with E-state index in [4.69, 9.17) is 11.6 Å². The summed E-state index contributed by atoms with van der Waals surface area (Å²) >= 11 is 14.6. The number of nitrogens with one attached hydrogen (secondary N) is 1. The molecule has 90 valence electrons. The van der Waals surface area contributed by atoms with Crippen LogP contribution in [0.5, 0.6) is 0 Å². The van der Waals surface area contributed by atoms with Gasteiger partial charge in [0, 0.05) is 24.9 Å². The Morgan fingerprint density at radius 3 is 2.65 bits per heavy atom. The number of halogens is 3. The number of rotatable bonds is 3. The molecule has 1 N–H and O–H groups in total. The third-order valence-corrected chi connectivity index (χ3v) is 5.43. The number of thiophene rings is 1. The van der Waals surface area contributed by atoms with E-state index in [9.17, 15) is 0 Å². The summed E-state index contributed by atoms with van der Waals surface area (Å²) < 4.78 is 2.04. The topological polar surface area (TPSA) is 12.0 Å². The van der Waals surface area contributed by atoms with E-state index >= 15 is 0 Å². The van der Waals surface area contributed by atoms with Gasteiger partial charge in [0.15, 0.2) is 0 Å². The summed E-state index contributed by atoms with van der Waals surface area (Å²) in [6.07, 6.45) is 0. The average Bonchev–Trinajstić information content (AvgIpc) is 2.70. The third-order valence-electron chi connectivity index (χ3n) is 2.32. The summed E-state index contributed by atoms with van der Waals surface area (Å²) in [6, 6.07) is 8.27. The van der Waals surface area contributed by atoms with Crippen molar-refractivity contribution in [2.45, 2.75) is 13.0 Å². The number of hydrogen-bond donors (Lipinski definition) is 1. The Balaban J connectivity index is 2.12. The largest absolute Gasteiger partial charge is 0.378 e. The lowest BCUT2D eigenvalue weighted by atomic mass is 10.2. The van der Waals surface area contributed by atoms with Crippen LogP contribution in [0.1, 0.15) is 17.8 Å². The fourth-order valence-corrected chi connectivity index (χ4v) is 3.34. The van der Waals surface area contributed by atoms with Gasteiger partial charge in [-0.25, -0.2) is 0 Å². The molecule has 1 aromatic heterocycles. The molecule has 0 aliphatic rings. The second-order valence-corrected chi connectivity index (χ2v) is 6.78. The Kier molecular flexibility index (Phi) is 4.53. The van der Waals surface area contributed by atoms with Crippen LogP contribution < -0.4 is 5.32 Å². The molecule has 17 heavy (non-hydrogen) atoms. The monoisotopic (exact) mass is 393 g/mol.